The van der Waals surface area contributed by atoms with Crippen LogP contribution in [0, 0.1) is 5.41 Å². The van der Waals surface area contributed by atoms with Crippen LogP contribution in [0.5, 0.6) is 0 Å². The van der Waals surface area contributed by atoms with Crippen LogP contribution in [0.2, 0.25) is 0 Å². The van der Waals surface area contributed by atoms with Gasteiger partial charge in [-0.2, -0.15) is 0 Å². The first-order chi connectivity index (χ1) is 11.0. The van der Waals surface area contributed by atoms with E-state index in [1.54, 1.807) is 0 Å². The molecular weight excluding hydrogens is 292 g/mol. The maximum Gasteiger partial charge on any atom is 0.304 e. The average Bonchev–Trinajstić information content (AvgIpc) is 2.93. The number of piperidine rings is 1. The van der Waals surface area contributed by atoms with Gasteiger partial charge in [-0.1, -0.05) is 25.1 Å². The summed E-state index contributed by atoms with van der Waals surface area (Å²) in [5.74, 6) is -0.685. The zero-order valence-electron chi connectivity index (χ0n) is 13.3. The van der Waals surface area contributed by atoms with Gasteiger partial charge in [0, 0.05) is 47.0 Å². The molecule has 23 heavy (non-hydrogen) atoms. The van der Waals surface area contributed by atoms with Gasteiger partial charge in [0.15, 0.2) is 0 Å². The maximum atomic E-state index is 12.0. The molecule has 0 saturated carbocycles. The highest BCUT2D eigenvalue weighted by atomic mass is 16.4. The number of nitrogens with one attached hydrogen (secondary N) is 1. The quantitative estimate of drug-likeness (QED) is 0.895. The van der Waals surface area contributed by atoms with Crippen LogP contribution in [0.25, 0.3) is 10.9 Å². The summed E-state index contributed by atoms with van der Waals surface area (Å²) in [5.41, 5.74) is 2.99. The van der Waals surface area contributed by atoms with E-state index in [0.29, 0.717) is 12.8 Å². The SMILES string of the molecule is C[C@@H]1c2c(c3ccccc3n2C)[C@@H]2NC(=O)CC[C@@]12CC(=O)O. The molecule has 0 radical (unpaired) electrons. The average molecular weight is 312 g/mol. The highest BCUT2D eigenvalue weighted by Crippen LogP contribution is 2.61. The number of fused-ring (bicyclic) bond motifs is 5. The third-order valence-corrected chi connectivity index (χ3v) is 5.93. The van der Waals surface area contributed by atoms with E-state index < -0.39 is 11.4 Å². The lowest BCUT2D eigenvalue weighted by molar-refractivity contribution is -0.143. The van der Waals surface area contributed by atoms with Gasteiger partial charge >= 0.3 is 5.97 Å². The van der Waals surface area contributed by atoms with Crippen molar-refractivity contribution in [3.63, 3.8) is 0 Å². The molecule has 1 aromatic heterocycles. The molecule has 1 amide bonds. The van der Waals surface area contributed by atoms with Crippen LogP contribution >= 0.6 is 0 Å². The molecule has 0 unspecified atom stereocenters. The first kappa shape index (κ1) is 14.3. The number of aryl methyl sites for hydroxylation is 1. The van der Waals surface area contributed by atoms with Crippen molar-refractivity contribution in [3.05, 3.63) is 35.5 Å². The second-order valence-corrected chi connectivity index (χ2v) is 6.90. The molecule has 5 nitrogen and oxygen atoms in total. The summed E-state index contributed by atoms with van der Waals surface area (Å²) >= 11 is 0. The number of rotatable bonds is 2. The summed E-state index contributed by atoms with van der Waals surface area (Å²) in [6.45, 7) is 2.11. The first-order valence-electron chi connectivity index (χ1n) is 8.04. The lowest BCUT2D eigenvalue weighted by atomic mass is 9.67. The Hall–Kier alpha value is -2.30. The number of hydrogen-bond acceptors (Lipinski definition) is 2. The third-order valence-electron chi connectivity index (χ3n) is 5.93. The number of hydrogen-bond donors (Lipinski definition) is 2. The van der Waals surface area contributed by atoms with E-state index in [0.717, 1.165) is 16.5 Å². The highest BCUT2D eigenvalue weighted by Gasteiger charge is 2.56. The van der Waals surface area contributed by atoms with Gasteiger partial charge in [0.1, 0.15) is 0 Å². The van der Waals surface area contributed by atoms with Crippen molar-refractivity contribution in [2.24, 2.45) is 12.5 Å². The molecule has 120 valence electrons. The predicted octanol–water partition coefficient (Wildman–Crippen LogP) is 2.71. The van der Waals surface area contributed by atoms with E-state index in [2.05, 4.69) is 28.9 Å². The Morgan fingerprint density at radius 3 is 2.91 bits per heavy atom. The standard InChI is InChI=1S/C18H20N2O3/c1-10-16-15(11-5-3-4-6-12(11)20(16)2)17-18(10,9-14(22)23)8-7-13(21)19-17/h3-6,10,17H,7-9H2,1-2H3,(H,19,21)(H,22,23)/t10-,17+,18-/m1/s1. The Kier molecular flexibility index (Phi) is 2.86. The topological polar surface area (TPSA) is 71.3 Å². The van der Waals surface area contributed by atoms with Crippen molar-refractivity contribution in [3.8, 4) is 0 Å². The Bertz CT molecular complexity index is 838. The van der Waals surface area contributed by atoms with Gasteiger partial charge in [-0.3, -0.25) is 9.59 Å². The van der Waals surface area contributed by atoms with Crippen molar-refractivity contribution >= 4 is 22.8 Å². The zero-order valence-corrected chi connectivity index (χ0v) is 13.3. The number of aliphatic carboxylic acids is 1. The van der Waals surface area contributed by atoms with Crippen LogP contribution in [-0.4, -0.2) is 21.6 Å². The van der Waals surface area contributed by atoms with E-state index in [1.807, 2.05) is 19.2 Å². The monoisotopic (exact) mass is 312 g/mol. The number of para-hydroxylation sites is 1. The molecular formula is C18H20N2O3. The van der Waals surface area contributed by atoms with Gasteiger partial charge in [-0.15, -0.1) is 0 Å². The number of carboxylic acid groups (broad SMARTS) is 1. The summed E-state index contributed by atoms with van der Waals surface area (Å²) in [6, 6.07) is 7.93. The molecule has 1 fully saturated rings. The van der Waals surface area contributed by atoms with Crippen molar-refractivity contribution < 1.29 is 14.7 Å². The molecule has 4 rings (SSSR count). The minimum Gasteiger partial charge on any atom is -0.481 e. The smallest absolute Gasteiger partial charge is 0.304 e. The third kappa shape index (κ3) is 1.73. The summed E-state index contributed by atoms with van der Waals surface area (Å²) < 4.78 is 2.17. The molecule has 2 heterocycles. The molecule has 0 spiro atoms. The van der Waals surface area contributed by atoms with E-state index >= 15 is 0 Å². The van der Waals surface area contributed by atoms with Gasteiger partial charge < -0.3 is 15.0 Å². The minimum atomic E-state index is -0.796. The molecule has 2 N–H and O–H groups in total. The molecule has 0 bridgehead atoms. The van der Waals surface area contributed by atoms with Crippen LogP contribution in [0.3, 0.4) is 0 Å². The number of carboxylic acids is 1. The maximum absolute atomic E-state index is 12.0. The van der Waals surface area contributed by atoms with Gasteiger partial charge in [-0.25, -0.2) is 0 Å². The molecule has 1 aromatic carbocycles. The Morgan fingerprint density at radius 2 is 2.17 bits per heavy atom. The van der Waals surface area contributed by atoms with E-state index in [9.17, 15) is 14.7 Å². The highest BCUT2D eigenvalue weighted by molar-refractivity contribution is 5.89. The fourth-order valence-electron chi connectivity index (χ4n) is 4.86. The Morgan fingerprint density at radius 1 is 1.43 bits per heavy atom. The van der Waals surface area contributed by atoms with Crippen LogP contribution in [0.1, 0.15) is 49.4 Å². The molecule has 5 heteroatoms. The molecule has 1 aliphatic carbocycles. The number of carbonyl (C=O) groups is 2. The number of carbonyl (C=O) groups excluding carboxylic acids is 1. The van der Waals surface area contributed by atoms with Crippen LogP contribution in [0.4, 0.5) is 0 Å². The first-order valence-corrected chi connectivity index (χ1v) is 8.04. The van der Waals surface area contributed by atoms with Gasteiger partial charge in [0.05, 0.1) is 12.5 Å². The van der Waals surface area contributed by atoms with E-state index in [1.165, 1.54) is 5.69 Å². The normalized spacial score (nSPS) is 29.2. The van der Waals surface area contributed by atoms with Crippen LogP contribution < -0.4 is 5.32 Å². The Balaban J connectivity index is 1.99. The molecule has 1 aliphatic heterocycles. The number of nitrogens with zero attached hydrogens (tertiary/aromatic N) is 1. The number of amides is 1. The van der Waals surface area contributed by atoms with Crippen molar-refractivity contribution in [1.82, 2.24) is 9.88 Å². The summed E-state index contributed by atoms with van der Waals surface area (Å²) in [7, 11) is 2.03. The minimum absolute atomic E-state index is 0.0176. The summed E-state index contributed by atoms with van der Waals surface area (Å²) in [6.07, 6.45) is 1.11. The second kappa shape index (κ2) is 4.60. The van der Waals surface area contributed by atoms with Crippen molar-refractivity contribution in [2.75, 3.05) is 0 Å². The van der Waals surface area contributed by atoms with Gasteiger partial charge in [0.25, 0.3) is 0 Å². The van der Waals surface area contributed by atoms with E-state index in [4.69, 9.17) is 0 Å². The second-order valence-electron chi connectivity index (χ2n) is 6.90. The lowest BCUT2D eigenvalue weighted by Crippen LogP contribution is -2.46. The molecule has 1 saturated heterocycles. The predicted molar refractivity (Wildman–Crippen MR) is 86.1 cm³/mol. The van der Waals surface area contributed by atoms with Gasteiger partial charge in [-0.05, 0) is 12.5 Å². The largest absolute Gasteiger partial charge is 0.481 e. The lowest BCUT2D eigenvalue weighted by Gasteiger charge is -2.42. The fourth-order valence-corrected chi connectivity index (χ4v) is 4.86. The van der Waals surface area contributed by atoms with Crippen LogP contribution in [-0.2, 0) is 16.6 Å². The molecule has 3 atom stereocenters. The Labute approximate surface area is 134 Å². The fraction of sp³-hybridized carbons (Fsp3) is 0.444. The van der Waals surface area contributed by atoms with E-state index in [-0.39, 0.29) is 24.3 Å². The van der Waals surface area contributed by atoms with Crippen molar-refractivity contribution in [1.29, 1.82) is 0 Å². The van der Waals surface area contributed by atoms with Crippen LogP contribution in [0.15, 0.2) is 24.3 Å². The summed E-state index contributed by atoms with van der Waals surface area (Å²) in [5, 5.41) is 13.7. The molecule has 2 aromatic rings. The zero-order chi connectivity index (χ0) is 16.4. The number of aromatic nitrogens is 1. The molecule has 2 aliphatic rings. The summed E-state index contributed by atoms with van der Waals surface area (Å²) in [4.78, 5) is 23.6. The van der Waals surface area contributed by atoms with Crippen molar-refractivity contribution in [2.45, 2.75) is 38.1 Å². The number of benzene rings is 1. The van der Waals surface area contributed by atoms with Gasteiger partial charge in [0.2, 0.25) is 5.91 Å².